The Balaban J connectivity index is 2.26. The van der Waals surface area contributed by atoms with E-state index < -0.39 is 10.0 Å². The molecule has 0 saturated heterocycles. The molecule has 0 aliphatic heterocycles. The van der Waals surface area contributed by atoms with E-state index in [2.05, 4.69) is 31.9 Å². The van der Waals surface area contributed by atoms with E-state index >= 15 is 0 Å². The molecule has 0 fully saturated rings. The van der Waals surface area contributed by atoms with Crippen LogP contribution in [0.1, 0.15) is 5.56 Å². The summed E-state index contributed by atoms with van der Waals surface area (Å²) in [5.74, 6) is -0.242. The van der Waals surface area contributed by atoms with Gasteiger partial charge in [-0.1, -0.05) is 22.0 Å². The number of primary sulfonamides is 1. The van der Waals surface area contributed by atoms with Gasteiger partial charge in [-0.15, -0.1) is 0 Å². The molecule has 0 saturated carbocycles. The van der Waals surface area contributed by atoms with Crippen molar-refractivity contribution in [1.29, 1.82) is 0 Å². The van der Waals surface area contributed by atoms with Crippen molar-refractivity contribution in [3.8, 4) is 5.75 Å². The van der Waals surface area contributed by atoms with Gasteiger partial charge in [-0.3, -0.25) is 0 Å². The number of hydrogen-bond acceptors (Lipinski definition) is 3. The minimum absolute atomic E-state index is 0.0863. The molecule has 0 unspecified atom stereocenters. The smallest absolute Gasteiger partial charge is 0.241 e. The molecule has 4 nitrogen and oxygen atoms in total. The Labute approximate surface area is 138 Å². The highest BCUT2D eigenvalue weighted by molar-refractivity contribution is 9.10. The predicted molar refractivity (Wildman–Crippen MR) is 83.9 cm³/mol. The maximum atomic E-state index is 13.1. The molecule has 2 N–H and O–H groups in total. The van der Waals surface area contributed by atoms with Gasteiger partial charge in [0.15, 0.2) is 0 Å². The fourth-order valence-electron chi connectivity index (χ4n) is 1.61. The lowest BCUT2D eigenvalue weighted by molar-refractivity contribution is 0.297. The van der Waals surface area contributed by atoms with Crippen LogP contribution < -0.4 is 9.88 Å². The fraction of sp³-hybridized carbons (Fsp3) is 0.0769. The number of rotatable bonds is 4. The Hall–Kier alpha value is -0.960. The second-order valence-electron chi connectivity index (χ2n) is 4.17. The van der Waals surface area contributed by atoms with Crippen LogP contribution in [0.5, 0.6) is 5.75 Å². The lowest BCUT2D eigenvalue weighted by atomic mass is 10.2. The highest BCUT2D eigenvalue weighted by atomic mass is 79.9. The van der Waals surface area contributed by atoms with Crippen LogP contribution >= 0.6 is 31.9 Å². The van der Waals surface area contributed by atoms with Gasteiger partial charge in [0.2, 0.25) is 10.0 Å². The van der Waals surface area contributed by atoms with Crippen molar-refractivity contribution in [1.82, 2.24) is 0 Å². The van der Waals surface area contributed by atoms with Crippen molar-refractivity contribution in [2.75, 3.05) is 0 Å². The Kier molecular flexibility index (Phi) is 5.03. The normalized spacial score (nSPS) is 11.4. The largest absolute Gasteiger partial charge is 0.487 e. The second-order valence-corrected chi connectivity index (χ2v) is 7.47. The Morgan fingerprint density at radius 1 is 1.14 bits per heavy atom. The quantitative estimate of drug-likeness (QED) is 0.793. The molecule has 0 bridgehead atoms. The van der Waals surface area contributed by atoms with Crippen LogP contribution in [0.15, 0.2) is 50.2 Å². The van der Waals surface area contributed by atoms with Crippen LogP contribution in [0.4, 0.5) is 4.39 Å². The van der Waals surface area contributed by atoms with Gasteiger partial charge in [0.1, 0.15) is 23.1 Å². The van der Waals surface area contributed by atoms with Gasteiger partial charge >= 0.3 is 0 Å². The third kappa shape index (κ3) is 4.26. The SMILES string of the molecule is NS(=O)(=O)c1cc(Br)ccc1OCc1ccc(F)c(Br)c1. The zero-order valence-corrected chi connectivity index (χ0v) is 14.5. The average Bonchev–Trinajstić information content (AvgIpc) is 2.40. The molecule has 0 heterocycles. The summed E-state index contributed by atoms with van der Waals surface area (Å²) in [5, 5.41) is 5.15. The first-order valence-electron chi connectivity index (χ1n) is 5.66. The molecule has 0 radical (unpaired) electrons. The Morgan fingerprint density at radius 3 is 2.48 bits per heavy atom. The molecular weight excluding hydrogens is 429 g/mol. The Morgan fingerprint density at radius 2 is 1.86 bits per heavy atom. The molecule has 0 spiro atoms. The molecule has 0 aliphatic carbocycles. The fourth-order valence-corrected chi connectivity index (χ4v) is 3.25. The maximum Gasteiger partial charge on any atom is 0.241 e. The molecule has 8 heteroatoms. The summed E-state index contributed by atoms with van der Waals surface area (Å²) < 4.78 is 42.6. The van der Waals surface area contributed by atoms with Crippen molar-refractivity contribution >= 4 is 41.9 Å². The van der Waals surface area contributed by atoms with Crippen molar-refractivity contribution in [2.24, 2.45) is 5.14 Å². The molecule has 0 atom stereocenters. The standard InChI is InChI=1S/C13H10Br2FNO3S/c14-9-2-4-12(13(6-9)21(17,18)19)20-7-8-1-3-11(16)10(15)5-8/h1-6H,7H2,(H2,17,18,19). The van der Waals surface area contributed by atoms with Crippen LogP contribution in [0.25, 0.3) is 0 Å². The van der Waals surface area contributed by atoms with E-state index in [1.807, 2.05) is 0 Å². The average molecular weight is 439 g/mol. The van der Waals surface area contributed by atoms with Crippen molar-refractivity contribution in [3.63, 3.8) is 0 Å². The van der Waals surface area contributed by atoms with Gasteiger partial charge in [0.25, 0.3) is 0 Å². The molecule has 2 aromatic carbocycles. The molecule has 112 valence electrons. The number of ether oxygens (including phenoxy) is 1. The van der Waals surface area contributed by atoms with E-state index in [4.69, 9.17) is 9.88 Å². The first kappa shape index (κ1) is 16.4. The lowest BCUT2D eigenvalue weighted by Gasteiger charge is -2.11. The number of halogens is 3. The first-order chi connectivity index (χ1) is 9.77. The molecule has 0 amide bonds. The van der Waals surface area contributed by atoms with E-state index in [-0.39, 0.29) is 23.1 Å². The summed E-state index contributed by atoms with van der Waals surface area (Å²) in [6.45, 7) is 0.0863. The first-order valence-corrected chi connectivity index (χ1v) is 8.79. The summed E-state index contributed by atoms with van der Waals surface area (Å²) >= 11 is 6.25. The van der Waals surface area contributed by atoms with E-state index in [0.717, 1.165) is 0 Å². The van der Waals surface area contributed by atoms with E-state index in [0.29, 0.717) is 14.5 Å². The third-order valence-electron chi connectivity index (χ3n) is 2.59. The number of sulfonamides is 1. The van der Waals surface area contributed by atoms with E-state index in [9.17, 15) is 12.8 Å². The minimum Gasteiger partial charge on any atom is -0.487 e. The molecule has 0 aliphatic rings. The summed E-state index contributed by atoms with van der Waals surface area (Å²) in [6.07, 6.45) is 0. The van der Waals surface area contributed by atoms with Gasteiger partial charge in [0, 0.05) is 4.47 Å². The van der Waals surface area contributed by atoms with Crippen LogP contribution in [-0.2, 0) is 16.6 Å². The van der Waals surface area contributed by atoms with Gasteiger partial charge < -0.3 is 4.74 Å². The van der Waals surface area contributed by atoms with Gasteiger partial charge in [0.05, 0.1) is 4.47 Å². The van der Waals surface area contributed by atoms with Crippen LogP contribution in [0.2, 0.25) is 0 Å². The van der Waals surface area contributed by atoms with Crippen LogP contribution in [0.3, 0.4) is 0 Å². The zero-order valence-electron chi connectivity index (χ0n) is 10.5. The van der Waals surface area contributed by atoms with E-state index in [1.165, 1.54) is 18.2 Å². The lowest BCUT2D eigenvalue weighted by Crippen LogP contribution is -2.14. The van der Waals surface area contributed by atoms with Gasteiger partial charge in [-0.05, 0) is 51.8 Å². The van der Waals surface area contributed by atoms with E-state index in [1.54, 1.807) is 18.2 Å². The third-order valence-corrected chi connectivity index (χ3v) is 4.62. The maximum absolute atomic E-state index is 13.1. The topological polar surface area (TPSA) is 69.4 Å². The van der Waals surface area contributed by atoms with Crippen LogP contribution in [0, 0.1) is 5.82 Å². The monoisotopic (exact) mass is 437 g/mol. The summed E-state index contributed by atoms with van der Waals surface area (Å²) in [6, 6.07) is 8.92. The highest BCUT2D eigenvalue weighted by Crippen LogP contribution is 2.27. The zero-order chi connectivity index (χ0) is 15.6. The van der Waals surface area contributed by atoms with Gasteiger partial charge in [-0.25, -0.2) is 17.9 Å². The van der Waals surface area contributed by atoms with Crippen molar-refractivity contribution < 1.29 is 17.5 Å². The number of benzene rings is 2. The van der Waals surface area contributed by atoms with Crippen molar-refractivity contribution in [2.45, 2.75) is 11.5 Å². The molecule has 2 rings (SSSR count). The predicted octanol–water partition coefficient (Wildman–Crippen LogP) is 3.58. The number of nitrogens with two attached hydrogens (primary N) is 1. The van der Waals surface area contributed by atoms with Crippen molar-refractivity contribution in [3.05, 3.63) is 56.7 Å². The molecule has 2 aromatic rings. The summed E-state index contributed by atoms with van der Waals surface area (Å²) in [5.41, 5.74) is 0.687. The minimum atomic E-state index is -3.90. The molecule has 21 heavy (non-hydrogen) atoms. The molecule has 0 aromatic heterocycles. The van der Waals surface area contributed by atoms with Crippen LogP contribution in [-0.4, -0.2) is 8.42 Å². The summed E-state index contributed by atoms with van der Waals surface area (Å²) in [7, 11) is -3.90. The van der Waals surface area contributed by atoms with Gasteiger partial charge in [-0.2, -0.15) is 0 Å². The number of hydrogen-bond donors (Lipinski definition) is 1. The highest BCUT2D eigenvalue weighted by Gasteiger charge is 2.16. The Bertz CT molecular complexity index is 781. The second kappa shape index (κ2) is 6.43. The summed E-state index contributed by atoms with van der Waals surface area (Å²) in [4.78, 5) is -0.113. The molecular formula is C13H10Br2FNO3S.